The Balaban J connectivity index is 3.08. The van der Waals surface area contributed by atoms with Crippen LogP contribution in [0.5, 0.6) is 0 Å². The third kappa shape index (κ3) is 2.38. The molecule has 0 aromatic heterocycles. The van der Waals surface area contributed by atoms with Crippen molar-refractivity contribution in [3.05, 3.63) is 59.5 Å². The Labute approximate surface area is 85.3 Å². The fourth-order valence-electron chi connectivity index (χ4n) is 1.33. The summed E-state index contributed by atoms with van der Waals surface area (Å²) in [6.07, 6.45) is 2.53. The first-order valence-corrected chi connectivity index (χ1v) is 4.53. The number of allylic oxidation sites excluding steroid dienone is 1. The first kappa shape index (κ1) is 10.4. The maximum Gasteiger partial charge on any atom is 0.0550 e. The van der Waals surface area contributed by atoms with Crippen molar-refractivity contribution in [2.45, 2.75) is 13.3 Å². The first-order chi connectivity index (χ1) is 6.67. The summed E-state index contributed by atoms with van der Waals surface area (Å²) < 4.78 is 0. The van der Waals surface area contributed by atoms with E-state index < -0.39 is 0 Å². The Morgan fingerprint density at radius 1 is 1.57 bits per heavy atom. The lowest BCUT2D eigenvalue weighted by Crippen LogP contribution is -2.01. The standard InChI is InChI=1S/C13H15N/c1-4-11-8-10(3)6-7-12(11)9-13(14)5-2/h4,6-8H,1-2,9,14H2,3H3. The monoisotopic (exact) mass is 185 g/mol. The number of hydrogen-bond donors (Lipinski definition) is 1. The van der Waals surface area contributed by atoms with Gasteiger partial charge in [0.15, 0.2) is 0 Å². The molecule has 0 aliphatic carbocycles. The first-order valence-electron chi connectivity index (χ1n) is 4.53. The van der Waals surface area contributed by atoms with Crippen molar-refractivity contribution >= 4 is 6.08 Å². The minimum atomic E-state index is 0.664. The Bertz CT molecular complexity index is 396. The average molecular weight is 185 g/mol. The fourth-order valence-corrected chi connectivity index (χ4v) is 1.33. The van der Waals surface area contributed by atoms with Crippen LogP contribution in [-0.4, -0.2) is 0 Å². The van der Waals surface area contributed by atoms with Gasteiger partial charge in [-0.1, -0.05) is 43.0 Å². The number of aryl methyl sites for hydroxylation is 1. The van der Waals surface area contributed by atoms with Gasteiger partial charge in [-0.2, -0.15) is 0 Å². The summed E-state index contributed by atoms with van der Waals surface area (Å²) >= 11 is 0. The van der Waals surface area contributed by atoms with E-state index in [2.05, 4.69) is 44.0 Å². The molecule has 14 heavy (non-hydrogen) atoms. The topological polar surface area (TPSA) is 26.0 Å². The summed E-state index contributed by atoms with van der Waals surface area (Å²) in [6, 6.07) is 6.23. The normalized spacial score (nSPS) is 9.21. The molecule has 1 aromatic rings. The van der Waals surface area contributed by atoms with E-state index >= 15 is 0 Å². The fraction of sp³-hybridized carbons (Fsp3) is 0.154. The zero-order valence-corrected chi connectivity index (χ0v) is 8.51. The molecule has 2 N–H and O–H groups in total. The predicted octanol–water partition coefficient (Wildman–Crippen LogP) is 2.81. The molecule has 0 saturated carbocycles. The maximum absolute atomic E-state index is 5.68. The molecule has 0 radical (unpaired) electrons. The molecule has 0 spiro atoms. The van der Waals surface area contributed by atoms with Crippen molar-refractivity contribution in [2.24, 2.45) is 5.73 Å². The molecule has 0 amide bonds. The molecule has 0 unspecified atom stereocenters. The molecule has 0 saturated heterocycles. The van der Waals surface area contributed by atoms with Gasteiger partial charge in [-0.15, -0.1) is 5.73 Å². The van der Waals surface area contributed by atoms with Gasteiger partial charge in [0.05, 0.1) is 5.70 Å². The molecule has 0 fully saturated rings. The minimum absolute atomic E-state index is 0.664. The van der Waals surface area contributed by atoms with Gasteiger partial charge in [0.25, 0.3) is 0 Å². The van der Waals surface area contributed by atoms with Crippen LogP contribution in [0.3, 0.4) is 0 Å². The molecule has 0 atom stereocenters. The van der Waals surface area contributed by atoms with Crippen molar-refractivity contribution in [1.29, 1.82) is 0 Å². The second-order valence-electron chi connectivity index (χ2n) is 3.29. The van der Waals surface area contributed by atoms with Crippen LogP contribution in [0.4, 0.5) is 0 Å². The lowest BCUT2D eigenvalue weighted by molar-refractivity contribution is 1.11. The average Bonchev–Trinajstić information content (AvgIpc) is 2.20. The van der Waals surface area contributed by atoms with E-state index in [0.29, 0.717) is 12.1 Å². The van der Waals surface area contributed by atoms with E-state index in [1.54, 1.807) is 0 Å². The van der Waals surface area contributed by atoms with Crippen LogP contribution in [-0.2, 0) is 6.42 Å². The third-order valence-electron chi connectivity index (χ3n) is 2.13. The Kier molecular flexibility index (Phi) is 3.33. The molecule has 1 aromatic carbocycles. The Morgan fingerprint density at radius 2 is 2.29 bits per heavy atom. The summed E-state index contributed by atoms with van der Waals surface area (Å²) in [6.45, 7) is 9.36. The van der Waals surface area contributed by atoms with Crippen molar-refractivity contribution < 1.29 is 0 Å². The van der Waals surface area contributed by atoms with E-state index in [1.807, 2.05) is 6.08 Å². The van der Waals surface area contributed by atoms with Gasteiger partial charge in [-0.05, 0) is 18.1 Å². The lowest BCUT2D eigenvalue weighted by atomic mass is 10.0. The summed E-state index contributed by atoms with van der Waals surface area (Å²) in [5, 5.41) is 0. The Morgan fingerprint density at radius 3 is 2.86 bits per heavy atom. The van der Waals surface area contributed by atoms with Crippen LogP contribution in [0.15, 0.2) is 42.8 Å². The number of benzene rings is 1. The highest BCUT2D eigenvalue weighted by molar-refractivity contribution is 5.54. The van der Waals surface area contributed by atoms with Gasteiger partial charge >= 0.3 is 0 Å². The van der Waals surface area contributed by atoms with Crippen LogP contribution < -0.4 is 5.73 Å². The number of hydrogen-bond acceptors (Lipinski definition) is 1. The summed E-state index contributed by atoms with van der Waals surface area (Å²) in [7, 11) is 0. The van der Waals surface area contributed by atoms with E-state index in [9.17, 15) is 0 Å². The summed E-state index contributed by atoms with van der Waals surface area (Å²) in [5.41, 5.74) is 12.5. The molecule has 1 rings (SSSR count). The number of rotatable bonds is 3. The lowest BCUT2D eigenvalue weighted by Gasteiger charge is -2.06. The molecule has 0 aliphatic rings. The quantitative estimate of drug-likeness (QED) is 0.720. The molecule has 1 nitrogen and oxygen atoms in total. The maximum atomic E-state index is 5.68. The number of nitrogens with two attached hydrogens (primary N) is 1. The predicted molar refractivity (Wildman–Crippen MR) is 61.8 cm³/mol. The highest BCUT2D eigenvalue weighted by Crippen LogP contribution is 2.15. The highest BCUT2D eigenvalue weighted by Gasteiger charge is 2.00. The van der Waals surface area contributed by atoms with Crippen molar-refractivity contribution in [2.75, 3.05) is 0 Å². The van der Waals surface area contributed by atoms with Gasteiger partial charge in [0.2, 0.25) is 0 Å². The van der Waals surface area contributed by atoms with Crippen LogP contribution in [0.2, 0.25) is 0 Å². The van der Waals surface area contributed by atoms with E-state index in [0.717, 1.165) is 5.56 Å². The van der Waals surface area contributed by atoms with Crippen LogP contribution in [0.1, 0.15) is 16.7 Å². The third-order valence-corrected chi connectivity index (χ3v) is 2.13. The van der Waals surface area contributed by atoms with Crippen molar-refractivity contribution in [3.8, 4) is 0 Å². The molecule has 1 heteroatoms. The van der Waals surface area contributed by atoms with Gasteiger partial charge in [0.1, 0.15) is 0 Å². The SMILES string of the molecule is C=C=C(N)Cc1ccc(C)cc1C=C. The van der Waals surface area contributed by atoms with Crippen LogP contribution >= 0.6 is 0 Å². The molecule has 0 bridgehead atoms. The molecule has 0 heterocycles. The van der Waals surface area contributed by atoms with Crippen LogP contribution in [0.25, 0.3) is 6.08 Å². The van der Waals surface area contributed by atoms with Gasteiger partial charge in [-0.3, -0.25) is 0 Å². The van der Waals surface area contributed by atoms with Crippen molar-refractivity contribution in [1.82, 2.24) is 0 Å². The molecular formula is C13H15N. The zero-order chi connectivity index (χ0) is 10.6. The molecule has 72 valence electrons. The Hall–Kier alpha value is -1.72. The van der Waals surface area contributed by atoms with Gasteiger partial charge in [0, 0.05) is 6.42 Å². The van der Waals surface area contributed by atoms with Gasteiger partial charge < -0.3 is 5.73 Å². The van der Waals surface area contributed by atoms with E-state index in [-0.39, 0.29) is 0 Å². The summed E-state index contributed by atoms with van der Waals surface area (Å²) in [4.78, 5) is 0. The summed E-state index contributed by atoms with van der Waals surface area (Å²) in [5.74, 6) is 0. The minimum Gasteiger partial charge on any atom is -0.396 e. The zero-order valence-electron chi connectivity index (χ0n) is 8.51. The highest BCUT2D eigenvalue weighted by atomic mass is 14.6. The van der Waals surface area contributed by atoms with Crippen molar-refractivity contribution in [3.63, 3.8) is 0 Å². The van der Waals surface area contributed by atoms with E-state index in [1.165, 1.54) is 11.1 Å². The largest absolute Gasteiger partial charge is 0.396 e. The van der Waals surface area contributed by atoms with E-state index in [4.69, 9.17) is 5.73 Å². The smallest absolute Gasteiger partial charge is 0.0550 e. The second-order valence-corrected chi connectivity index (χ2v) is 3.29. The second kappa shape index (κ2) is 4.50. The van der Waals surface area contributed by atoms with Crippen LogP contribution in [0, 0.1) is 6.92 Å². The molecular weight excluding hydrogens is 170 g/mol. The van der Waals surface area contributed by atoms with Gasteiger partial charge in [-0.25, -0.2) is 0 Å². The molecule has 0 aliphatic heterocycles.